The SMILES string of the molecule is Cc1cc(-c2csc(CC(N)=O)n2)c(C)n1-c1c(C)n(C)n(-c2ccccc2)c1=O. The van der Waals surface area contributed by atoms with Gasteiger partial charge in [0.1, 0.15) is 10.7 Å². The molecule has 0 bridgehead atoms. The summed E-state index contributed by atoms with van der Waals surface area (Å²) < 4.78 is 5.54. The van der Waals surface area contributed by atoms with Gasteiger partial charge in [-0.3, -0.25) is 14.3 Å². The number of para-hydroxylation sites is 1. The van der Waals surface area contributed by atoms with E-state index in [0.717, 1.165) is 34.0 Å². The van der Waals surface area contributed by atoms with Crippen molar-refractivity contribution < 1.29 is 4.79 Å². The molecule has 0 fully saturated rings. The van der Waals surface area contributed by atoms with E-state index in [1.54, 1.807) is 4.68 Å². The lowest BCUT2D eigenvalue weighted by molar-refractivity contribution is -0.117. The quantitative estimate of drug-likeness (QED) is 0.537. The van der Waals surface area contributed by atoms with Crippen molar-refractivity contribution in [2.75, 3.05) is 0 Å². The minimum absolute atomic E-state index is 0.0813. The summed E-state index contributed by atoms with van der Waals surface area (Å²) in [4.78, 5) is 29.2. The molecule has 0 saturated carbocycles. The molecule has 2 N–H and O–H groups in total. The fourth-order valence-electron chi connectivity index (χ4n) is 3.84. The van der Waals surface area contributed by atoms with Gasteiger partial charge in [0.2, 0.25) is 5.91 Å². The Kier molecular flexibility index (Phi) is 4.95. The van der Waals surface area contributed by atoms with Crippen molar-refractivity contribution in [1.29, 1.82) is 0 Å². The van der Waals surface area contributed by atoms with Crippen LogP contribution < -0.4 is 11.3 Å². The van der Waals surface area contributed by atoms with E-state index in [2.05, 4.69) is 4.98 Å². The van der Waals surface area contributed by atoms with E-state index in [9.17, 15) is 9.59 Å². The van der Waals surface area contributed by atoms with Gasteiger partial charge in [0.15, 0.2) is 0 Å². The third-order valence-electron chi connectivity index (χ3n) is 5.33. The van der Waals surface area contributed by atoms with Gasteiger partial charge in [-0.1, -0.05) is 18.2 Å². The molecule has 0 saturated heterocycles. The van der Waals surface area contributed by atoms with E-state index in [4.69, 9.17) is 5.73 Å². The Balaban J connectivity index is 1.86. The topological polar surface area (TPSA) is 87.8 Å². The van der Waals surface area contributed by atoms with Crippen LogP contribution in [0.3, 0.4) is 0 Å². The second kappa shape index (κ2) is 7.46. The zero-order valence-corrected chi connectivity index (χ0v) is 18.2. The number of carbonyl (C=O) groups is 1. The smallest absolute Gasteiger partial charge is 0.295 e. The summed E-state index contributed by atoms with van der Waals surface area (Å²) in [6, 6.07) is 11.6. The maximum Gasteiger partial charge on any atom is 0.295 e. The molecule has 3 heterocycles. The van der Waals surface area contributed by atoms with Crippen molar-refractivity contribution in [1.82, 2.24) is 18.9 Å². The van der Waals surface area contributed by atoms with Gasteiger partial charge in [-0.15, -0.1) is 11.3 Å². The van der Waals surface area contributed by atoms with Gasteiger partial charge in [0, 0.05) is 29.4 Å². The zero-order valence-electron chi connectivity index (χ0n) is 17.3. The van der Waals surface area contributed by atoms with Crippen molar-refractivity contribution in [3.8, 4) is 22.6 Å². The van der Waals surface area contributed by atoms with E-state index in [-0.39, 0.29) is 12.0 Å². The van der Waals surface area contributed by atoms with Gasteiger partial charge in [-0.25, -0.2) is 9.67 Å². The van der Waals surface area contributed by atoms with Crippen molar-refractivity contribution in [3.05, 3.63) is 74.2 Å². The van der Waals surface area contributed by atoms with E-state index in [1.165, 1.54) is 11.3 Å². The molecule has 0 spiro atoms. The van der Waals surface area contributed by atoms with Gasteiger partial charge in [-0.2, -0.15) is 0 Å². The first-order valence-corrected chi connectivity index (χ1v) is 10.4. The number of primary amides is 1. The summed E-state index contributed by atoms with van der Waals surface area (Å²) in [6.07, 6.45) is 0.128. The molecular weight excluding hydrogens is 398 g/mol. The van der Waals surface area contributed by atoms with Crippen LogP contribution in [-0.2, 0) is 18.3 Å². The number of amides is 1. The zero-order chi connectivity index (χ0) is 21.6. The molecule has 0 atom stereocenters. The fraction of sp³-hybridized carbons (Fsp3) is 0.227. The second-order valence-corrected chi connectivity index (χ2v) is 8.24. The lowest BCUT2D eigenvalue weighted by atomic mass is 10.2. The van der Waals surface area contributed by atoms with Crippen LogP contribution >= 0.6 is 11.3 Å². The van der Waals surface area contributed by atoms with Crippen LogP contribution in [-0.4, -0.2) is 24.8 Å². The third-order valence-corrected chi connectivity index (χ3v) is 6.18. The van der Waals surface area contributed by atoms with Crippen molar-refractivity contribution in [2.45, 2.75) is 27.2 Å². The average Bonchev–Trinajstić information content (AvgIpc) is 3.33. The van der Waals surface area contributed by atoms with Gasteiger partial charge < -0.3 is 10.3 Å². The lowest BCUT2D eigenvalue weighted by Gasteiger charge is -2.08. The number of nitrogens with two attached hydrogens (primary N) is 1. The molecule has 0 aliphatic rings. The molecule has 4 aromatic rings. The van der Waals surface area contributed by atoms with Crippen LogP contribution in [0.2, 0.25) is 0 Å². The van der Waals surface area contributed by atoms with Gasteiger partial charge in [-0.05, 0) is 39.0 Å². The first-order valence-electron chi connectivity index (χ1n) is 9.56. The highest BCUT2D eigenvalue weighted by Crippen LogP contribution is 2.30. The molecule has 154 valence electrons. The molecule has 8 heteroatoms. The minimum Gasteiger partial charge on any atom is -0.369 e. The molecule has 0 radical (unpaired) electrons. The standard InChI is InChI=1S/C22H23N5O2S/c1-13-10-17(18-12-30-20(24-18)11-19(23)28)14(2)26(13)21-15(3)25(4)27(22(21)29)16-8-6-5-7-9-16/h5-10,12H,11H2,1-4H3,(H2,23,28). The van der Waals surface area contributed by atoms with Crippen molar-refractivity contribution in [3.63, 3.8) is 0 Å². The summed E-state index contributed by atoms with van der Waals surface area (Å²) >= 11 is 1.41. The molecule has 0 aliphatic carbocycles. The average molecular weight is 422 g/mol. The molecule has 0 aliphatic heterocycles. The Bertz CT molecular complexity index is 1310. The minimum atomic E-state index is -0.400. The predicted molar refractivity (Wildman–Crippen MR) is 119 cm³/mol. The number of hydrogen-bond acceptors (Lipinski definition) is 4. The first kappa shape index (κ1) is 19.9. The Morgan fingerprint density at radius 3 is 2.50 bits per heavy atom. The summed E-state index contributed by atoms with van der Waals surface area (Å²) in [5, 5.41) is 2.61. The number of aromatic nitrogens is 4. The molecule has 1 amide bonds. The van der Waals surface area contributed by atoms with Crippen LogP contribution in [0, 0.1) is 20.8 Å². The van der Waals surface area contributed by atoms with Gasteiger partial charge >= 0.3 is 0 Å². The van der Waals surface area contributed by atoms with E-state index >= 15 is 0 Å². The molecule has 0 unspecified atom stereocenters. The number of carbonyl (C=O) groups excluding carboxylic acids is 1. The van der Waals surface area contributed by atoms with E-state index in [0.29, 0.717) is 10.7 Å². The largest absolute Gasteiger partial charge is 0.369 e. The maximum atomic E-state index is 13.4. The Labute approximate surface area is 178 Å². The maximum absolute atomic E-state index is 13.4. The van der Waals surface area contributed by atoms with Gasteiger partial charge in [0.25, 0.3) is 5.56 Å². The van der Waals surface area contributed by atoms with Crippen LogP contribution in [0.5, 0.6) is 0 Å². The van der Waals surface area contributed by atoms with Crippen LogP contribution in [0.15, 0.2) is 46.6 Å². The summed E-state index contributed by atoms with van der Waals surface area (Å²) in [5.74, 6) is -0.400. The van der Waals surface area contributed by atoms with Crippen LogP contribution in [0.25, 0.3) is 22.6 Å². The molecule has 4 rings (SSSR count). The van der Waals surface area contributed by atoms with Crippen LogP contribution in [0.4, 0.5) is 0 Å². The summed E-state index contributed by atoms with van der Waals surface area (Å²) in [5.41, 5.74) is 11.1. The number of aryl methyl sites for hydroxylation is 1. The summed E-state index contributed by atoms with van der Waals surface area (Å²) in [6.45, 7) is 5.91. The summed E-state index contributed by atoms with van der Waals surface area (Å²) in [7, 11) is 1.89. The molecule has 7 nitrogen and oxygen atoms in total. The highest BCUT2D eigenvalue weighted by atomic mass is 32.1. The lowest BCUT2D eigenvalue weighted by Crippen LogP contribution is -2.21. The highest BCUT2D eigenvalue weighted by molar-refractivity contribution is 7.10. The first-order chi connectivity index (χ1) is 14.3. The second-order valence-electron chi connectivity index (χ2n) is 7.30. The normalized spacial score (nSPS) is 11.2. The van der Waals surface area contributed by atoms with E-state index < -0.39 is 5.91 Å². The third kappa shape index (κ3) is 3.19. The Hall–Kier alpha value is -3.39. The van der Waals surface area contributed by atoms with Crippen molar-refractivity contribution >= 4 is 17.2 Å². The number of thiazole rings is 1. The molecule has 1 aromatic carbocycles. The number of rotatable bonds is 5. The van der Waals surface area contributed by atoms with Gasteiger partial charge in [0.05, 0.1) is 23.5 Å². The number of benzene rings is 1. The molecule has 30 heavy (non-hydrogen) atoms. The Morgan fingerprint density at radius 1 is 1.13 bits per heavy atom. The van der Waals surface area contributed by atoms with Crippen LogP contribution in [0.1, 0.15) is 22.1 Å². The number of hydrogen-bond donors (Lipinski definition) is 1. The molecular formula is C22H23N5O2S. The highest BCUT2D eigenvalue weighted by Gasteiger charge is 2.22. The monoisotopic (exact) mass is 421 g/mol. The van der Waals surface area contributed by atoms with Crippen molar-refractivity contribution in [2.24, 2.45) is 12.8 Å². The molecule has 3 aromatic heterocycles. The number of nitrogens with zero attached hydrogens (tertiary/aromatic N) is 4. The van der Waals surface area contributed by atoms with E-state index in [1.807, 2.05) is 78.8 Å². The fourth-order valence-corrected chi connectivity index (χ4v) is 4.65. The Morgan fingerprint density at radius 2 is 1.83 bits per heavy atom. The predicted octanol–water partition coefficient (Wildman–Crippen LogP) is 3.04.